The van der Waals surface area contributed by atoms with Crippen LogP contribution in [0, 0.1) is 11.6 Å². The van der Waals surface area contributed by atoms with Gasteiger partial charge in [-0.2, -0.15) is 4.31 Å². The SMILES string of the molecule is CCc1cccc(CNC[C@H](O)[C@H](Cc2cc(F)cc(F)c2)NC(=O)c2ccc(S(=O)(=O)N(C)CCN(CC)CC)cc2)c1. The first-order valence-corrected chi connectivity index (χ1v) is 16.4. The number of aryl methyl sites for hydroxylation is 1. The second kappa shape index (κ2) is 16.7. The quantitative estimate of drug-likeness (QED) is 0.209. The predicted molar refractivity (Wildman–Crippen MR) is 169 cm³/mol. The Bertz CT molecular complexity index is 1450. The fraction of sp³-hybridized carbons (Fsp3) is 0.424. The summed E-state index contributed by atoms with van der Waals surface area (Å²) in [6.45, 7) is 9.26. The summed E-state index contributed by atoms with van der Waals surface area (Å²) >= 11 is 0. The molecule has 3 aromatic carbocycles. The van der Waals surface area contributed by atoms with Crippen molar-refractivity contribution in [3.05, 3.63) is 101 Å². The van der Waals surface area contributed by atoms with Gasteiger partial charge in [-0.3, -0.25) is 4.79 Å². The van der Waals surface area contributed by atoms with Gasteiger partial charge in [-0.1, -0.05) is 45.0 Å². The highest BCUT2D eigenvalue weighted by Crippen LogP contribution is 2.17. The first-order chi connectivity index (χ1) is 21.0. The average Bonchev–Trinajstić information content (AvgIpc) is 3.00. The van der Waals surface area contributed by atoms with E-state index >= 15 is 0 Å². The van der Waals surface area contributed by atoms with Gasteiger partial charge in [-0.05, 0) is 79.0 Å². The van der Waals surface area contributed by atoms with Crippen LogP contribution in [-0.4, -0.2) is 80.6 Å². The molecule has 3 N–H and O–H groups in total. The summed E-state index contributed by atoms with van der Waals surface area (Å²) in [7, 11) is -2.24. The second-order valence-electron chi connectivity index (χ2n) is 10.8. The molecule has 44 heavy (non-hydrogen) atoms. The minimum absolute atomic E-state index is 0.0294. The largest absolute Gasteiger partial charge is 0.390 e. The Morgan fingerprint density at radius 2 is 1.52 bits per heavy atom. The molecule has 0 heterocycles. The Hall–Kier alpha value is -3.22. The first kappa shape index (κ1) is 35.3. The number of benzene rings is 3. The van der Waals surface area contributed by atoms with Crippen LogP contribution in [0.15, 0.2) is 71.6 Å². The van der Waals surface area contributed by atoms with Crippen molar-refractivity contribution in [1.29, 1.82) is 0 Å². The van der Waals surface area contributed by atoms with Gasteiger partial charge in [-0.25, -0.2) is 17.2 Å². The van der Waals surface area contributed by atoms with Gasteiger partial charge in [0.25, 0.3) is 5.91 Å². The molecule has 0 saturated heterocycles. The van der Waals surface area contributed by atoms with Crippen LogP contribution < -0.4 is 10.6 Å². The van der Waals surface area contributed by atoms with Crippen molar-refractivity contribution in [2.75, 3.05) is 39.8 Å². The lowest BCUT2D eigenvalue weighted by atomic mass is 10.00. The van der Waals surface area contributed by atoms with E-state index in [1.807, 2.05) is 32.0 Å². The summed E-state index contributed by atoms with van der Waals surface area (Å²) in [5.41, 5.74) is 2.68. The maximum absolute atomic E-state index is 13.9. The van der Waals surface area contributed by atoms with Crippen molar-refractivity contribution < 1.29 is 27.1 Å². The summed E-state index contributed by atoms with van der Waals surface area (Å²) in [6, 6.07) is 15.8. The van der Waals surface area contributed by atoms with Gasteiger partial charge in [-0.15, -0.1) is 0 Å². The zero-order chi connectivity index (χ0) is 32.3. The van der Waals surface area contributed by atoms with E-state index in [9.17, 15) is 27.1 Å². The van der Waals surface area contributed by atoms with Gasteiger partial charge in [0, 0.05) is 44.9 Å². The molecule has 8 nitrogen and oxygen atoms in total. The number of aliphatic hydroxyl groups is 1. The Balaban J connectivity index is 1.71. The van der Waals surface area contributed by atoms with Crippen LogP contribution in [0.25, 0.3) is 0 Å². The van der Waals surface area contributed by atoms with Crippen LogP contribution in [0.4, 0.5) is 8.78 Å². The number of sulfonamides is 1. The number of hydrogen-bond acceptors (Lipinski definition) is 6. The molecule has 11 heteroatoms. The van der Waals surface area contributed by atoms with Gasteiger partial charge in [0.2, 0.25) is 10.0 Å². The van der Waals surface area contributed by atoms with E-state index in [2.05, 4.69) is 28.5 Å². The van der Waals surface area contributed by atoms with Gasteiger partial charge in [0.15, 0.2) is 0 Å². The number of halogens is 2. The van der Waals surface area contributed by atoms with Crippen molar-refractivity contribution >= 4 is 15.9 Å². The van der Waals surface area contributed by atoms with E-state index in [1.165, 1.54) is 41.2 Å². The van der Waals surface area contributed by atoms with Crippen LogP contribution >= 0.6 is 0 Å². The van der Waals surface area contributed by atoms with E-state index in [-0.39, 0.29) is 29.0 Å². The normalized spacial score (nSPS) is 13.3. The molecule has 0 spiro atoms. The molecule has 0 saturated carbocycles. The molecule has 2 atom stereocenters. The fourth-order valence-electron chi connectivity index (χ4n) is 4.88. The third kappa shape index (κ3) is 10.2. The van der Waals surface area contributed by atoms with Crippen LogP contribution in [0.5, 0.6) is 0 Å². The minimum atomic E-state index is -3.76. The number of hydrogen-bond donors (Lipinski definition) is 3. The number of nitrogens with zero attached hydrogens (tertiary/aromatic N) is 2. The molecule has 0 aliphatic carbocycles. The Morgan fingerprint density at radius 1 is 0.886 bits per heavy atom. The number of nitrogens with one attached hydrogen (secondary N) is 2. The van der Waals surface area contributed by atoms with E-state index in [1.54, 1.807) is 0 Å². The standard InChI is InChI=1S/C33H44F2N4O4S/c1-5-24-9-8-10-25(17-24)22-36-23-32(40)31(20-26-18-28(34)21-29(35)19-26)37-33(41)27-11-13-30(14-12-27)44(42,43)38(4)15-16-39(6-2)7-3/h8-14,17-19,21,31-32,36,40H,5-7,15-16,20,22-23H2,1-4H3,(H,37,41)/t31-,32-/m0/s1. The number of aliphatic hydroxyl groups excluding tert-OH is 1. The molecule has 0 aromatic heterocycles. The van der Waals surface area contributed by atoms with Gasteiger partial charge in [0.05, 0.1) is 17.0 Å². The lowest BCUT2D eigenvalue weighted by Gasteiger charge is -2.25. The molecular formula is C33H44F2N4O4S. The molecule has 0 radical (unpaired) electrons. The number of carbonyl (C=O) groups is 1. The van der Waals surface area contributed by atoms with Crippen molar-refractivity contribution in [3.63, 3.8) is 0 Å². The molecule has 3 aromatic rings. The maximum atomic E-state index is 13.9. The van der Waals surface area contributed by atoms with Crippen molar-refractivity contribution in [3.8, 4) is 0 Å². The minimum Gasteiger partial charge on any atom is -0.390 e. The Labute approximate surface area is 260 Å². The van der Waals surface area contributed by atoms with Gasteiger partial charge in [0.1, 0.15) is 11.6 Å². The summed E-state index contributed by atoms with van der Waals surface area (Å²) in [5.74, 6) is -2.07. The van der Waals surface area contributed by atoms with Gasteiger partial charge < -0.3 is 20.6 Å². The number of rotatable bonds is 17. The predicted octanol–water partition coefficient (Wildman–Crippen LogP) is 3.98. The summed E-state index contributed by atoms with van der Waals surface area (Å²) in [6.07, 6.45) is -0.230. The molecule has 240 valence electrons. The zero-order valence-electron chi connectivity index (χ0n) is 25.9. The number of amides is 1. The third-order valence-electron chi connectivity index (χ3n) is 7.69. The van der Waals surface area contributed by atoms with E-state index in [0.717, 1.165) is 43.3 Å². The van der Waals surface area contributed by atoms with Crippen molar-refractivity contribution in [2.24, 2.45) is 0 Å². The lowest BCUT2D eigenvalue weighted by molar-refractivity contribution is 0.0829. The summed E-state index contributed by atoms with van der Waals surface area (Å²) in [5, 5.41) is 17.0. The van der Waals surface area contributed by atoms with E-state index in [4.69, 9.17) is 0 Å². The molecular weight excluding hydrogens is 586 g/mol. The Kier molecular flexibility index (Phi) is 13.4. The summed E-state index contributed by atoms with van der Waals surface area (Å²) in [4.78, 5) is 15.4. The molecule has 1 amide bonds. The van der Waals surface area contributed by atoms with Crippen LogP contribution in [-0.2, 0) is 29.4 Å². The monoisotopic (exact) mass is 630 g/mol. The van der Waals surface area contributed by atoms with E-state index < -0.39 is 39.7 Å². The van der Waals surface area contributed by atoms with Crippen LogP contribution in [0.2, 0.25) is 0 Å². The summed E-state index contributed by atoms with van der Waals surface area (Å²) < 4.78 is 55.3. The van der Waals surface area contributed by atoms with Gasteiger partial charge >= 0.3 is 0 Å². The lowest BCUT2D eigenvalue weighted by Crippen LogP contribution is -2.48. The highest BCUT2D eigenvalue weighted by molar-refractivity contribution is 7.89. The number of likely N-dealkylation sites (N-methyl/N-ethyl adjacent to an activating group) is 2. The Morgan fingerprint density at radius 3 is 2.14 bits per heavy atom. The van der Waals surface area contributed by atoms with E-state index in [0.29, 0.717) is 19.6 Å². The zero-order valence-corrected chi connectivity index (χ0v) is 26.7. The molecule has 0 aliphatic rings. The third-order valence-corrected chi connectivity index (χ3v) is 9.56. The second-order valence-corrected chi connectivity index (χ2v) is 12.9. The fourth-order valence-corrected chi connectivity index (χ4v) is 6.05. The smallest absolute Gasteiger partial charge is 0.251 e. The van der Waals surface area contributed by atoms with Crippen LogP contribution in [0.3, 0.4) is 0 Å². The molecule has 3 rings (SSSR count). The molecule has 0 unspecified atom stereocenters. The highest BCUT2D eigenvalue weighted by atomic mass is 32.2. The molecule has 0 bridgehead atoms. The van der Waals surface area contributed by atoms with Crippen molar-refractivity contribution in [1.82, 2.24) is 19.8 Å². The highest BCUT2D eigenvalue weighted by Gasteiger charge is 2.25. The first-order valence-electron chi connectivity index (χ1n) is 15.0. The van der Waals surface area contributed by atoms with Crippen molar-refractivity contribution in [2.45, 2.75) is 57.2 Å². The average molecular weight is 631 g/mol. The molecule has 0 aliphatic heterocycles. The number of carbonyl (C=O) groups excluding carboxylic acids is 1. The maximum Gasteiger partial charge on any atom is 0.251 e. The molecule has 0 fully saturated rings. The van der Waals surface area contributed by atoms with Crippen LogP contribution in [0.1, 0.15) is 47.8 Å². The topological polar surface area (TPSA) is 102 Å².